The van der Waals surface area contributed by atoms with Crippen LogP contribution in [0.2, 0.25) is 0 Å². The second-order valence-corrected chi connectivity index (χ2v) is 7.79. The standard InChI is InChI=1S/C18H15N3O2S/c19-11-13-4-3-5-14(10-13)24(22,23)21-9-8-16-15-6-1-2-7-17(15)20-18(16)12-21/h1-7,10,20H,8-9,12H2. The fourth-order valence-corrected chi connectivity index (χ4v) is 4.70. The third-order valence-electron chi connectivity index (χ3n) is 4.45. The van der Waals surface area contributed by atoms with Gasteiger partial charge < -0.3 is 4.98 Å². The number of aromatic nitrogens is 1. The number of fused-ring (bicyclic) bond motifs is 3. The average Bonchev–Trinajstić information content (AvgIpc) is 2.99. The Morgan fingerprint density at radius 3 is 2.79 bits per heavy atom. The molecule has 0 spiro atoms. The molecular weight excluding hydrogens is 322 g/mol. The van der Waals surface area contributed by atoms with E-state index in [1.54, 1.807) is 12.1 Å². The van der Waals surface area contributed by atoms with Crippen LogP contribution in [0.1, 0.15) is 16.8 Å². The Bertz CT molecular complexity index is 1080. The van der Waals surface area contributed by atoms with Crippen LogP contribution in [0.25, 0.3) is 10.9 Å². The Morgan fingerprint density at radius 1 is 1.12 bits per heavy atom. The van der Waals surface area contributed by atoms with Crippen molar-refractivity contribution in [2.45, 2.75) is 17.9 Å². The number of rotatable bonds is 2. The van der Waals surface area contributed by atoms with Gasteiger partial charge in [-0.1, -0.05) is 24.3 Å². The molecule has 2 heterocycles. The lowest BCUT2D eigenvalue weighted by Gasteiger charge is -2.26. The number of para-hydroxylation sites is 1. The van der Waals surface area contributed by atoms with Gasteiger partial charge in [-0.3, -0.25) is 0 Å². The number of hydrogen-bond donors (Lipinski definition) is 1. The minimum Gasteiger partial charge on any atom is -0.357 e. The molecule has 1 aliphatic heterocycles. The van der Waals surface area contributed by atoms with Crippen LogP contribution in [0.15, 0.2) is 53.4 Å². The SMILES string of the molecule is N#Cc1cccc(S(=O)(=O)N2CCc3c([nH]c4ccccc34)C2)c1. The lowest BCUT2D eigenvalue weighted by atomic mass is 10.1. The summed E-state index contributed by atoms with van der Waals surface area (Å²) in [6, 6.07) is 16.2. The van der Waals surface area contributed by atoms with Crippen LogP contribution < -0.4 is 0 Å². The van der Waals surface area contributed by atoms with Gasteiger partial charge >= 0.3 is 0 Å². The first-order valence-corrected chi connectivity index (χ1v) is 9.12. The monoisotopic (exact) mass is 337 g/mol. The number of nitrogens with one attached hydrogen (secondary N) is 1. The van der Waals surface area contributed by atoms with E-state index in [1.165, 1.54) is 22.0 Å². The van der Waals surface area contributed by atoms with Crippen LogP contribution in [0, 0.1) is 11.3 Å². The molecule has 0 aliphatic carbocycles. The van der Waals surface area contributed by atoms with Crippen molar-refractivity contribution in [3.05, 3.63) is 65.4 Å². The van der Waals surface area contributed by atoms with Crippen LogP contribution >= 0.6 is 0 Å². The largest absolute Gasteiger partial charge is 0.357 e. The molecule has 0 saturated heterocycles. The van der Waals surface area contributed by atoms with Gasteiger partial charge in [-0.2, -0.15) is 9.57 Å². The summed E-state index contributed by atoms with van der Waals surface area (Å²) in [5.41, 5.74) is 3.53. The normalized spacial score (nSPS) is 15.1. The highest BCUT2D eigenvalue weighted by atomic mass is 32.2. The Balaban J connectivity index is 1.72. The van der Waals surface area contributed by atoms with Gasteiger partial charge in [-0.05, 0) is 36.2 Å². The highest BCUT2D eigenvalue weighted by molar-refractivity contribution is 7.89. The molecule has 0 radical (unpaired) electrons. The van der Waals surface area contributed by atoms with E-state index in [4.69, 9.17) is 5.26 Å². The van der Waals surface area contributed by atoms with Crippen molar-refractivity contribution in [3.8, 4) is 6.07 Å². The van der Waals surface area contributed by atoms with E-state index >= 15 is 0 Å². The Hall–Kier alpha value is -2.62. The van der Waals surface area contributed by atoms with Crippen molar-refractivity contribution in [1.29, 1.82) is 5.26 Å². The lowest BCUT2D eigenvalue weighted by molar-refractivity contribution is 0.388. The van der Waals surface area contributed by atoms with Crippen molar-refractivity contribution >= 4 is 20.9 Å². The first kappa shape index (κ1) is 14.9. The maximum Gasteiger partial charge on any atom is 0.243 e. The van der Waals surface area contributed by atoms with Crippen molar-refractivity contribution in [2.24, 2.45) is 0 Å². The predicted octanol–water partition coefficient (Wildman–Crippen LogP) is 2.79. The number of aromatic amines is 1. The topological polar surface area (TPSA) is 77.0 Å². The van der Waals surface area contributed by atoms with E-state index in [9.17, 15) is 8.42 Å². The van der Waals surface area contributed by atoms with E-state index in [0.29, 0.717) is 25.1 Å². The van der Waals surface area contributed by atoms with Gasteiger partial charge in [-0.15, -0.1) is 0 Å². The summed E-state index contributed by atoms with van der Waals surface area (Å²) in [7, 11) is -3.61. The molecule has 120 valence electrons. The third kappa shape index (κ3) is 2.30. The summed E-state index contributed by atoms with van der Waals surface area (Å²) in [5.74, 6) is 0. The zero-order chi connectivity index (χ0) is 16.7. The Kier molecular flexibility index (Phi) is 3.41. The predicted molar refractivity (Wildman–Crippen MR) is 90.8 cm³/mol. The quantitative estimate of drug-likeness (QED) is 0.781. The highest BCUT2D eigenvalue weighted by Crippen LogP contribution is 2.30. The van der Waals surface area contributed by atoms with E-state index < -0.39 is 10.0 Å². The maximum absolute atomic E-state index is 12.9. The maximum atomic E-state index is 12.9. The lowest BCUT2D eigenvalue weighted by Crippen LogP contribution is -2.35. The number of H-pyrrole nitrogens is 1. The molecule has 6 heteroatoms. The smallest absolute Gasteiger partial charge is 0.243 e. The van der Waals surface area contributed by atoms with Crippen molar-refractivity contribution in [3.63, 3.8) is 0 Å². The van der Waals surface area contributed by atoms with E-state index in [1.807, 2.05) is 24.3 Å². The third-order valence-corrected chi connectivity index (χ3v) is 6.29. The molecule has 0 saturated carbocycles. The molecule has 4 rings (SSSR count). The summed E-state index contributed by atoms with van der Waals surface area (Å²) in [6.07, 6.45) is 0.677. The molecule has 5 nitrogen and oxygen atoms in total. The van der Waals surface area contributed by atoms with Crippen LogP contribution in [-0.4, -0.2) is 24.3 Å². The minimum atomic E-state index is -3.61. The molecule has 0 fully saturated rings. The first-order chi connectivity index (χ1) is 11.6. The Labute approximate surface area is 140 Å². The Morgan fingerprint density at radius 2 is 1.96 bits per heavy atom. The van der Waals surface area contributed by atoms with Gasteiger partial charge in [0.2, 0.25) is 10.0 Å². The van der Waals surface area contributed by atoms with Gasteiger partial charge in [0.15, 0.2) is 0 Å². The average molecular weight is 337 g/mol. The number of hydrogen-bond acceptors (Lipinski definition) is 3. The molecule has 2 aromatic carbocycles. The van der Waals surface area contributed by atoms with Crippen molar-refractivity contribution < 1.29 is 8.42 Å². The summed E-state index contributed by atoms with van der Waals surface area (Å²) >= 11 is 0. The molecule has 1 aliphatic rings. The van der Waals surface area contributed by atoms with Gasteiger partial charge in [0, 0.05) is 23.1 Å². The number of nitrogens with zero attached hydrogens (tertiary/aromatic N) is 2. The molecule has 1 N–H and O–H groups in total. The fourth-order valence-electron chi connectivity index (χ4n) is 3.25. The van der Waals surface area contributed by atoms with Gasteiger partial charge in [0.25, 0.3) is 0 Å². The second-order valence-electron chi connectivity index (χ2n) is 5.86. The fraction of sp³-hybridized carbons (Fsp3) is 0.167. The van der Waals surface area contributed by atoms with E-state index in [2.05, 4.69) is 11.1 Å². The molecule has 1 aromatic heterocycles. The van der Waals surface area contributed by atoms with E-state index in [0.717, 1.165) is 16.6 Å². The highest BCUT2D eigenvalue weighted by Gasteiger charge is 2.30. The van der Waals surface area contributed by atoms with Gasteiger partial charge in [0.05, 0.1) is 23.1 Å². The molecule has 3 aromatic rings. The van der Waals surface area contributed by atoms with Crippen LogP contribution in [-0.2, 0) is 23.0 Å². The molecule has 24 heavy (non-hydrogen) atoms. The number of nitriles is 1. The van der Waals surface area contributed by atoms with Crippen LogP contribution in [0.3, 0.4) is 0 Å². The van der Waals surface area contributed by atoms with Gasteiger partial charge in [-0.25, -0.2) is 8.42 Å². The molecule has 0 unspecified atom stereocenters. The summed E-state index contributed by atoms with van der Waals surface area (Å²) in [4.78, 5) is 3.50. The van der Waals surface area contributed by atoms with Crippen LogP contribution in [0.4, 0.5) is 0 Å². The minimum absolute atomic E-state index is 0.168. The molecule has 0 amide bonds. The zero-order valence-corrected chi connectivity index (χ0v) is 13.7. The first-order valence-electron chi connectivity index (χ1n) is 7.68. The number of sulfonamides is 1. The van der Waals surface area contributed by atoms with E-state index in [-0.39, 0.29) is 4.90 Å². The van der Waals surface area contributed by atoms with Gasteiger partial charge in [0.1, 0.15) is 0 Å². The second kappa shape index (κ2) is 5.48. The summed E-state index contributed by atoms with van der Waals surface area (Å²) < 4.78 is 27.2. The van der Waals surface area contributed by atoms with Crippen LogP contribution in [0.5, 0.6) is 0 Å². The molecule has 0 bridgehead atoms. The summed E-state index contributed by atoms with van der Waals surface area (Å²) in [6.45, 7) is 0.761. The number of benzene rings is 2. The van der Waals surface area contributed by atoms with Crippen molar-refractivity contribution in [2.75, 3.05) is 6.54 Å². The molecule has 0 atom stereocenters. The zero-order valence-electron chi connectivity index (χ0n) is 12.9. The summed E-state index contributed by atoms with van der Waals surface area (Å²) in [5, 5.41) is 10.1. The molecular formula is C18H15N3O2S. The van der Waals surface area contributed by atoms with Crippen molar-refractivity contribution in [1.82, 2.24) is 9.29 Å².